The topological polar surface area (TPSA) is 32.9 Å². The first-order valence-electron chi connectivity index (χ1n) is 5.15. The molecule has 74 valence electrons. The van der Waals surface area contributed by atoms with Gasteiger partial charge in [-0.3, -0.25) is 4.79 Å². The minimum absolute atomic E-state index is 0.0950. The maximum atomic E-state index is 10.8. The quantitative estimate of drug-likeness (QED) is 0.712. The molecule has 0 amide bonds. The van der Waals surface area contributed by atoms with Crippen LogP contribution in [-0.4, -0.2) is 10.8 Å². The fourth-order valence-corrected chi connectivity index (χ4v) is 1.93. The molecule has 14 heavy (non-hydrogen) atoms. The summed E-state index contributed by atoms with van der Waals surface area (Å²) in [6.07, 6.45) is 8.38. The van der Waals surface area contributed by atoms with Crippen molar-refractivity contribution in [3.8, 4) is 0 Å². The lowest BCUT2D eigenvalue weighted by molar-refractivity contribution is -0.112. The molecule has 0 bridgehead atoms. The Labute approximate surface area is 84.0 Å². The van der Waals surface area contributed by atoms with Crippen LogP contribution in [0.4, 0.5) is 0 Å². The van der Waals surface area contributed by atoms with Crippen molar-refractivity contribution >= 4 is 11.9 Å². The van der Waals surface area contributed by atoms with Crippen LogP contribution >= 0.6 is 0 Å². The number of H-pyrrole nitrogens is 1. The summed E-state index contributed by atoms with van der Waals surface area (Å²) in [5.41, 5.74) is 3.85. The summed E-state index contributed by atoms with van der Waals surface area (Å²) in [5, 5.41) is 0. The molecule has 1 aromatic heterocycles. The summed E-state index contributed by atoms with van der Waals surface area (Å²) in [6, 6.07) is 2.16. The third kappa shape index (κ3) is 1.95. The number of hydrogen-bond donors (Lipinski definition) is 1. The molecule has 2 rings (SSSR count). The molecule has 1 N–H and O–H groups in total. The number of carbonyl (C=O) groups excluding carboxylic acids is 1. The van der Waals surface area contributed by atoms with Crippen LogP contribution < -0.4 is 0 Å². The van der Waals surface area contributed by atoms with Gasteiger partial charge in [-0.1, -0.05) is 0 Å². The maximum absolute atomic E-state index is 10.8. The number of nitrogens with one attached hydrogen (secondary N) is 1. The van der Waals surface area contributed by atoms with Gasteiger partial charge in [0.1, 0.15) is 0 Å². The summed E-state index contributed by atoms with van der Waals surface area (Å²) in [7, 11) is 0. The van der Waals surface area contributed by atoms with E-state index < -0.39 is 0 Å². The van der Waals surface area contributed by atoms with Gasteiger partial charge in [-0.25, -0.2) is 0 Å². The third-order valence-electron chi connectivity index (χ3n) is 2.63. The molecule has 0 radical (unpaired) electrons. The van der Waals surface area contributed by atoms with Gasteiger partial charge in [-0.2, -0.15) is 0 Å². The highest BCUT2D eigenvalue weighted by atomic mass is 16.1. The van der Waals surface area contributed by atoms with Gasteiger partial charge in [0, 0.05) is 11.4 Å². The number of aryl methyl sites for hydroxylation is 2. The maximum Gasteiger partial charge on any atom is 0.152 e. The van der Waals surface area contributed by atoms with E-state index in [1.807, 2.05) is 6.08 Å². The Morgan fingerprint density at radius 2 is 2.21 bits per heavy atom. The van der Waals surface area contributed by atoms with E-state index in [0.717, 1.165) is 12.1 Å². The van der Waals surface area contributed by atoms with Crippen molar-refractivity contribution in [1.29, 1.82) is 0 Å². The van der Waals surface area contributed by atoms with Crippen molar-refractivity contribution in [2.45, 2.75) is 32.6 Å². The van der Waals surface area contributed by atoms with Gasteiger partial charge in [0.2, 0.25) is 0 Å². The smallest absolute Gasteiger partial charge is 0.152 e. The van der Waals surface area contributed by atoms with Crippen LogP contribution in [0.3, 0.4) is 0 Å². The lowest BCUT2D eigenvalue weighted by atomic mass is 9.98. The molecule has 1 aliphatic rings. The number of rotatable bonds is 2. The van der Waals surface area contributed by atoms with Crippen molar-refractivity contribution in [3.63, 3.8) is 0 Å². The van der Waals surface area contributed by atoms with Gasteiger partial charge in [0.15, 0.2) is 5.78 Å². The summed E-state index contributed by atoms with van der Waals surface area (Å²) in [6.45, 7) is 1.57. The minimum Gasteiger partial charge on any atom is -0.359 e. The van der Waals surface area contributed by atoms with Crippen LogP contribution in [0.15, 0.2) is 12.1 Å². The summed E-state index contributed by atoms with van der Waals surface area (Å²) in [5.74, 6) is 0.0950. The standard InChI is InChI=1S/C12H15NO/c1-9(14)6-7-11-8-10-4-2-3-5-12(10)13-11/h6-8,13H,2-5H2,1H3/b7-6+. The van der Waals surface area contributed by atoms with E-state index in [4.69, 9.17) is 0 Å². The number of aromatic nitrogens is 1. The molecule has 0 aliphatic heterocycles. The average Bonchev–Trinajstić information content (AvgIpc) is 2.57. The number of aromatic amines is 1. The van der Waals surface area contributed by atoms with Crippen LogP contribution in [0.2, 0.25) is 0 Å². The predicted molar refractivity (Wildman–Crippen MR) is 57.1 cm³/mol. The highest BCUT2D eigenvalue weighted by Crippen LogP contribution is 2.21. The molecule has 2 heteroatoms. The Morgan fingerprint density at radius 1 is 1.43 bits per heavy atom. The number of hydrogen-bond acceptors (Lipinski definition) is 1. The Hall–Kier alpha value is -1.31. The van der Waals surface area contributed by atoms with Gasteiger partial charge in [0.05, 0.1) is 0 Å². The zero-order valence-electron chi connectivity index (χ0n) is 8.47. The van der Waals surface area contributed by atoms with Crippen LogP contribution in [0, 0.1) is 0 Å². The van der Waals surface area contributed by atoms with Crippen LogP contribution in [-0.2, 0) is 17.6 Å². The Bertz CT molecular complexity index is 350. The van der Waals surface area contributed by atoms with E-state index in [1.165, 1.54) is 30.5 Å². The summed E-state index contributed by atoms with van der Waals surface area (Å²) < 4.78 is 0. The highest BCUT2D eigenvalue weighted by molar-refractivity contribution is 5.91. The second-order valence-corrected chi connectivity index (χ2v) is 3.88. The SMILES string of the molecule is CC(=O)/C=C/c1cc2c([nH]1)CCCC2. The van der Waals surface area contributed by atoms with Gasteiger partial charge < -0.3 is 4.98 Å². The summed E-state index contributed by atoms with van der Waals surface area (Å²) >= 11 is 0. The largest absolute Gasteiger partial charge is 0.359 e. The van der Waals surface area contributed by atoms with E-state index in [0.29, 0.717) is 0 Å². The van der Waals surface area contributed by atoms with Crippen LogP contribution in [0.1, 0.15) is 36.7 Å². The van der Waals surface area contributed by atoms with Crippen molar-refractivity contribution in [2.24, 2.45) is 0 Å². The predicted octanol–water partition coefficient (Wildman–Crippen LogP) is 2.50. The van der Waals surface area contributed by atoms with Gasteiger partial charge in [0.25, 0.3) is 0 Å². The molecule has 0 saturated carbocycles. The molecule has 1 heterocycles. The van der Waals surface area contributed by atoms with Crippen molar-refractivity contribution in [3.05, 3.63) is 29.1 Å². The zero-order chi connectivity index (χ0) is 9.97. The van der Waals surface area contributed by atoms with Crippen molar-refractivity contribution < 1.29 is 4.79 Å². The molecule has 0 unspecified atom stereocenters. The lowest BCUT2D eigenvalue weighted by Crippen LogP contribution is -1.99. The van der Waals surface area contributed by atoms with E-state index in [9.17, 15) is 4.79 Å². The molecule has 2 nitrogen and oxygen atoms in total. The third-order valence-corrected chi connectivity index (χ3v) is 2.63. The molecule has 0 fully saturated rings. The molecule has 0 spiro atoms. The zero-order valence-corrected chi connectivity index (χ0v) is 8.47. The normalized spacial score (nSPS) is 15.8. The first-order valence-corrected chi connectivity index (χ1v) is 5.15. The number of ketones is 1. The molecular formula is C12H15NO. The first-order chi connectivity index (χ1) is 6.75. The second-order valence-electron chi connectivity index (χ2n) is 3.88. The van der Waals surface area contributed by atoms with Crippen LogP contribution in [0.25, 0.3) is 6.08 Å². The minimum atomic E-state index is 0.0950. The number of carbonyl (C=O) groups is 1. The van der Waals surface area contributed by atoms with E-state index >= 15 is 0 Å². The Morgan fingerprint density at radius 3 is 2.93 bits per heavy atom. The number of allylic oxidation sites excluding steroid dienone is 1. The first kappa shape index (κ1) is 9.25. The molecule has 1 aromatic rings. The molecule has 0 saturated heterocycles. The Balaban J connectivity index is 2.20. The van der Waals surface area contributed by atoms with E-state index in [1.54, 1.807) is 13.0 Å². The summed E-state index contributed by atoms with van der Waals surface area (Å²) in [4.78, 5) is 14.1. The van der Waals surface area contributed by atoms with Gasteiger partial charge >= 0.3 is 0 Å². The van der Waals surface area contributed by atoms with E-state index in [-0.39, 0.29) is 5.78 Å². The highest BCUT2D eigenvalue weighted by Gasteiger charge is 2.10. The second kappa shape index (κ2) is 3.82. The van der Waals surface area contributed by atoms with Crippen molar-refractivity contribution in [2.75, 3.05) is 0 Å². The van der Waals surface area contributed by atoms with Gasteiger partial charge in [-0.05, 0) is 56.4 Å². The monoisotopic (exact) mass is 189 g/mol. The fraction of sp³-hybridized carbons (Fsp3) is 0.417. The Kier molecular flexibility index (Phi) is 2.53. The molecule has 0 aromatic carbocycles. The molecule has 1 aliphatic carbocycles. The molecular weight excluding hydrogens is 174 g/mol. The lowest BCUT2D eigenvalue weighted by Gasteiger charge is -2.08. The van der Waals surface area contributed by atoms with Gasteiger partial charge in [-0.15, -0.1) is 0 Å². The molecule has 0 atom stereocenters. The average molecular weight is 189 g/mol. The fourth-order valence-electron chi connectivity index (χ4n) is 1.93. The van der Waals surface area contributed by atoms with Crippen molar-refractivity contribution in [1.82, 2.24) is 4.98 Å². The van der Waals surface area contributed by atoms with E-state index in [2.05, 4.69) is 11.1 Å². The van der Waals surface area contributed by atoms with Crippen LogP contribution in [0.5, 0.6) is 0 Å². The number of fused-ring (bicyclic) bond motifs is 1.